The lowest BCUT2D eigenvalue weighted by Gasteiger charge is -2.11. The molecular formula is C15H15ClN2. The Kier molecular flexibility index (Phi) is 3.20. The molecule has 92 valence electrons. The summed E-state index contributed by atoms with van der Waals surface area (Å²) >= 11 is 6.10. The summed E-state index contributed by atoms with van der Waals surface area (Å²) in [7, 11) is 0. The van der Waals surface area contributed by atoms with Gasteiger partial charge in [0, 0.05) is 12.7 Å². The molecule has 1 aliphatic carbocycles. The highest BCUT2D eigenvalue weighted by Crippen LogP contribution is 2.41. The maximum Gasteiger partial charge on any atom is 0.0718 e. The van der Waals surface area contributed by atoms with Gasteiger partial charge in [0.15, 0.2) is 0 Å². The molecule has 1 aromatic carbocycles. The van der Waals surface area contributed by atoms with E-state index in [0.717, 1.165) is 18.2 Å². The second-order valence-electron chi connectivity index (χ2n) is 4.68. The largest absolute Gasteiger partial charge is 0.379 e. The van der Waals surface area contributed by atoms with Crippen LogP contribution < -0.4 is 5.32 Å². The molecule has 0 radical (unpaired) electrons. The van der Waals surface area contributed by atoms with E-state index in [1.807, 2.05) is 0 Å². The number of pyridine rings is 1. The number of aromatic nitrogens is 1. The lowest BCUT2D eigenvalue weighted by molar-refractivity contribution is 1.03. The fourth-order valence-electron chi connectivity index (χ4n) is 2.19. The molecule has 1 fully saturated rings. The number of halogens is 1. The van der Waals surface area contributed by atoms with Crippen molar-refractivity contribution < 1.29 is 0 Å². The van der Waals surface area contributed by atoms with Gasteiger partial charge in [0.25, 0.3) is 0 Å². The van der Waals surface area contributed by atoms with Gasteiger partial charge < -0.3 is 5.32 Å². The number of nitrogens with zero attached hydrogens (tertiary/aromatic N) is 1. The number of anilines is 1. The fourth-order valence-corrected chi connectivity index (χ4v) is 2.36. The van der Waals surface area contributed by atoms with Gasteiger partial charge >= 0.3 is 0 Å². The minimum atomic E-state index is 0.717. The summed E-state index contributed by atoms with van der Waals surface area (Å²) in [5.74, 6) is 0.771. The van der Waals surface area contributed by atoms with Crippen LogP contribution in [-0.4, -0.2) is 4.98 Å². The average Bonchev–Trinajstić information content (AvgIpc) is 3.23. The molecule has 0 atom stereocenters. The SMILES string of the molecule is Clc1ccncc1NCc1ccccc1C1CC1. The van der Waals surface area contributed by atoms with E-state index in [9.17, 15) is 0 Å². The van der Waals surface area contributed by atoms with Gasteiger partial charge in [0.2, 0.25) is 0 Å². The van der Waals surface area contributed by atoms with Crippen molar-refractivity contribution in [3.8, 4) is 0 Å². The van der Waals surface area contributed by atoms with Crippen LogP contribution in [0.3, 0.4) is 0 Å². The van der Waals surface area contributed by atoms with Crippen LogP contribution in [0.15, 0.2) is 42.7 Å². The van der Waals surface area contributed by atoms with E-state index in [1.165, 1.54) is 24.0 Å². The molecule has 0 aliphatic heterocycles. The van der Waals surface area contributed by atoms with Crippen molar-refractivity contribution >= 4 is 17.3 Å². The number of hydrogen-bond donors (Lipinski definition) is 1. The Morgan fingerprint density at radius 3 is 2.83 bits per heavy atom. The first-order chi connectivity index (χ1) is 8.84. The molecule has 0 unspecified atom stereocenters. The van der Waals surface area contributed by atoms with Crippen LogP contribution in [0.25, 0.3) is 0 Å². The van der Waals surface area contributed by atoms with E-state index in [-0.39, 0.29) is 0 Å². The van der Waals surface area contributed by atoms with Crippen molar-refractivity contribution in [2.45, 2.75) is 25.3 Å². The van der Waals surface area contributed by atoms with Gasteiger partial charge in [-0.1, -0.05) is 35.9 Å². The molecule has 0 spiro atoms. The highest BCUT2D eigenvalue weighted by atomic mass is 35.5. The summed E-state index contributed by atoms with van der Waals surface area (Å²) in [6.07, 6.45) is 6.11. The first-order valence-corrected chi connectivity index (χ1v) is 6.63. The second-order valence-corrected chi connectivity index (χ2v) is 5.09. The molecule has 0 saturated heterocycles. The van der Waals surface area contributed by atoms with Gasteiger partial charge in [-0.2, -0.15) is 0 Å². The van der Waals surface area contributed by atoms with Crippen molar-refractivity contribution in [1.82, 2.24) is 4.98 Å². The Labute approximate surface area is 112 Å². The quantitative estimate of drug-likeness (QED) is 0.888. The van der Waals surface area contributed by atoms with Gasteiger partial charge in [-0.15, -0.1) is 0 Å². The molecule has 2 aromatic rings. The molecule has 0 amide bonds. The molecule has 3 rings (SSSR count). The molecule has 18 heavy (non-hydrogen) atoms. The maximum atomic E-state index is 6.10. The summed E-state index contributed by atoms with van der Waals surface area (Å²) in [6, 6.07) is 10.4. The molecule has 1 heterocycles. The molecule has 1 aliphatic rings. The number of hydrogen-bond acceptors (Lipinski definition) is 2. The third-order valence-electron chi connectivity index (χ3n) is 3.31. The van der Waals surface area contributed by atoms with E-state index >= 15 is 0 Å². The van der Waals surface area contributed by atoms with Crippen LogP contribution in [0.1, 0.15) is 29.9 Å². The summed E-state index contributed by atoms with van der Waals surface area (Å²) < 4.78 is 0. The molecule has 0 bridgehead atoms. The normalized spacial score (nSPS) is 14.5. The minimum Gasteiger partial charge on any atom is -0.379 e. The summed E-state index contributed by atoms with van der Waals surface area (Å²) in [4.78, 5) is 4.08. The van der Waals surface area contributed by atoms with Crippen molar-refractivity contribution in [3.05, 3.63) is 58.9 Å². The highest BCUT2D eigenvalue weighted by molar-refractivity contribution is 6.33. The van der Waals surface area contributed by atoms with Crippen LogP contribution >= 0.6 is 11.6 Å². The van der Waals surface area contributed by atoms with E-state index in [4.69, 9.17) is 11.6 Å². The number of rotatable bonds is 4. The van der Waals surface area contributed by atoms with Gasteiger partial charge in [-0.3, -0.25) is 4.98 Å². The zero-order chi connectivity index (χ0) is 12.4. The molecule has 1 saturated carbocycles. The zero-order valence-electron chi connectivity index (χ0n) is 10.1. The summed E-state index contributed by atoms with van der Waals surface area (Å²) in [5.41, 5.74) is 3.73. The van der Waals surface area contributed by atoms with Gasteiger partial charge in [-0.25, -0.2) is 0 Å². The number of benzene rings is 1. The third kappa shape index (κ3) is 2.49. The lowest BCUT2D eigenvalue weighted by atomic mass is 10.0. The Morgan fingerprint density at radius 1 is 1.22 bits per heavy atom. The third-order valence-corrected chi connectivity index (χ3v) is 3.64. The van der Waals surface area contributed by atoms with Gasteiger partial charge in [0.1, 0.15) is 0 Å². The van der Waals surface area contributed by atoms with E-state index < -0.39 is 0 Å². The monoisotopic (exact) mass is 258 g/mol. The Hall–Kier alpha value is -1.54. The second kappa shape index (κ2) is 4.99. The van der Waals surface area contributed by atoms with Crippen LogP contribution in [0.4, 0.5) is 5.69 Å². The van der Waals surface area contributed by atoms with Crippen LogP contribution in [-0.2, 0) is 6.54 Å². The first kappa shape index (κ1) is 11.5. The zero-order valence-corrected chi connectivity index (χ0v) is 10.8. The van der Waals surface area contributed by atoms with Crippen molar-refractivity contribution in [1.29, 1.82) is 0 Å². The Morgan fingerprint density at radius 2 is 2.06 bits per heavy atom. The Balaban J connectivity index is 1.75. The van der Waals surface area contributed by atoms with Gasteiger partial charge in [-0.05, 0) is 36.0 Å². The predicted molar refractivity (Wildman–Crippen MR) is 75.0 cm³/mol. The van der Waals surface area contributed by atoms with Crippen LogP contribution in [0.2, 0.25) is 5.02 Å². The molecule has 1 aromatic heterocycles. The van der Waals surface area contributed by atoms with E-state index in [0.29, 0.717) is 5.02 Å². The predicted octanol–water partition coefficient (Wildman–Crippen LogP) is 4.22. The highest BCUT2D eigenvalue weighted by Gasteiger charge is 2.25. The summed E-state index contributed by atoms with van der Waals surface area (Å²) in [5, 5.41) is 4.07. The topological polar surface area (TPSA) is 24.9 Å². The maximum absolute atomic E-state index is 6.10. The van der Waals surface area contributed by atoms with Crippen molar-refractivity contribution in [2.75, 3.05) is 5.32 Å². The minimum absolute atomic E-state index is 0.717. The fraction of sp³-hybridized carbons (Fsp3) is 0.267. The lowest BCUT2D eigenvalue weighted by Crippen LogP contribution is -2.03. The standard InChI is InChI=1S/C15H15ClN2/c16-14-7-8-17-10-15(14)18-9-12-3-1-2-4-13(12)11-5-6-11/h1-4,7-8,10-11,18H,5-6,9H2. The van der Waals surface area contributed by atoms with Crippen LogP contribution in [0.5, 0.6) is 0 Å². The van der Waals surface area contributed by atoms with Crippen LogP contribution in [0, 0.1) is 0 Å². The first-order valence-electron chi connectivity index (χ1n) is 6.26. The smallest absolute Gasteiger partial charge is 0.0718 e. The van der Waals surface area contributed by atoms with Crippen molar-refractivity contribution in [2.24, 2.45) is 0 Å². The summed E-state index contributed by atoms with van der Waals surface area (Å²) in [6.45, 7) is 0.804. The Bertz CT molecular complexity index is 550. The average molecular weight is 259 g/mol. The molecular weight excluding hydrogens is 244 g/mol. The van der Waals surface area contributed by atoms with E-state index in [2.05, 4.69) is 34.6 Å². The molecule has 2 nitrogen and oxygen atoms in total. The van der Waals surface area contributed by atoms with Gasteiger partial charge in [0.05, 0.1) is 16.9 Å². The van der Waals surface area contributed by atoms with E-state index in [1.54, 1.807) is 18.5 Å². The molecule has 3 heteroatoms. The number of nitrogens with one attached hydrogen (secondary N) is 1. The van der Waals surface area contributed by atoms with Crippen molar-refractivity contribution in [3.63, 3.8) is 0 Å². The molecule has 1 N–H and O–H groups in total.